The van der Waals surface area contributed by atoms with Crippen molar-refractivity contribution in [2.45, 2.75) is 58.7 Å². The zero-order chi connectivity index (χ0) is 18.4. The minimum Gasteiger partial charge on any atom is -0.352 e. The van der Waals surface area contributed by atoms with Gasteiger partial charge < -0.3 is 10.2 Å². The Bertz CT molecular complexity index is 574. The highest BCUT2D eigenvalue weighted by Gasteiger charge is 2.32. The summed E-state index contributed by atoms with van der Waals surface area (Å²) in [5.74, 6) is 0.495. The quantitative estimate of drug-likeness (QED) is 0.833. The molecule has 0 aromatic heterocycles. The summed E-state index contributed by atoms with van der Waals surface area (Å²) in [6.45, 7) is 9.23. The van der Waals surface area contributed by atoms with Gasteiger partial charge in [-0.2, -0.15) is 0 Å². The number of benzene rings is 1. The van der Waals surface area contributed by atoms with Crippen molar-refractivity contribution in [3.63, 3.8) is 0 Å². The smallest absolute Gasteiger partial charge is 0.241 e. The van der Waals surface area contributed by atoms with Crippen LogP contribution in [0.25, 0.3) is 0 Å². The van der Waals surface area contributed by atoms with Gasteiger partial charge in [-0.25, -0.2) is 0 Å². The zero-order valence-corrected chi connectivity index (χ0v) is 15.8. The second kappa shape index (κ2) is 8.99. The fourth-order valence-electron chi connectivity index (χ4n) is 3.50. The molecule has 1 aliphatic rings. The first-order valence-electron chi connectivity index (χ1n) is 9.29. The van der Waals surface area contributed by atoms with E-state index in [0.29, 0.717) is 5.92 Å². The molecule has 1 aliphatic heterocycles. The van der Waals surface area contributed by atoms with E-state index in [1.54, 1.807) is 6.92 Å². The third kappa shape index (κ3) is 5.30. The first-order chi connectivity index (χ1) is 11.9. The number of amides is 2. The van der Waals surface area contributed by atoms with Gasteiger partial charge in [0.2, 0.25) is 11.8 Å². The molecule has 5 heteroatoms. The van der Waals surface area contributed by atoms with Gasteiger partial charge in [-0.15, -0.1) is 0 Å². The monoisotopic (exact) mass is 345 g/mol. The van der Waals surface area contributed by atoms with Gasteiger partial charge in [0.25, 0.3) is 0 Å². The number of hydrogen-bond donors (Lipinski definition) is 2. The van der Waals surface area contributed by atoms with Crippen molar-refractivity contribution >= 4 is 11.8 Å². The zero-order valence-electron chi connectivity index (χ0n) is 15.8. The van der Waals surface area contributed by atoms with Gasteiger partial charge in [-0.1, -0.05) is 43.7 Å². The summed E-state index contributed by atoms with van der Waals surface area (Å²) in [5.41, 5.74) is 0.976. The van der Waals surface area contributed by atoms with Crippen LogP contribution in [0.1, 0.15) is 52.1 Å². The molecule has 25 heavy (non-hydrogen) atoms. The molecule has 0 bridgehead atoms. The molecule has 1 fully saturated rings. The predicted molar refractivity (Wildman–Crippen MR) is 100 cm³/mol. The Balaban J connectivity index is 2.15. The van der Waals surface area contributed by atoms with Gasteiger partial charge in [0.05, 0.1) is 0 Å². The lowest BCUT2D eigenvalue weighted by Crippen LogP contribution is -2.53. The van der Waals surface area contributed by atoms with E-state index in [4.69, 9.17) is 0 Å². The van der Waals surface area contributed by atoms with Crippen LogP contribution < -0.4 is 10.6 Å². The van der Waals surface area contributed by atoms with Crippen LogP contribution in [0.4, 0.5) is 0 Å². The van der Waals surface area contributed by atoms with E-state index < -0.39 is 0 Å². The second-order valence-corrected chi connectivity index (χ2v) is 7.20. The molecule has 0 aliphatic carbocycles. The molecular formula is C20H31N3O2. The molecule has 3 unspecified atom stereocenters. The van der Waals surface area contributed by atoms with Crippen LogP contribution >= 0.6 is 0 Å². The maximum absolute atomic E-state index is 12.8. The highest BCUT2D eigenvalue weighted by Crippen LogP contribution is 2.24. The van der Waals surface area contributed by atoms with Crippen LogP contribution in [0.2, 0.25) is 0 Å². The Morgan fingerprint density at radius 1 is 1.24 bits per heavy atom. The van der Waals surface area contributed by atoms with Crippen molar-refractivity contribution in [2.75, 3.05) is 13.1 Å². The Morgan fingerprint density at radius 3 is 2.48 bits per heavy atom. The summed E-state index contributed by atoms with van der Waals surface area (Å²) in [7, 11) is 0. The minimum absolute atomic E-state index is 0.00468. The summed E-state index contributed by atoms with van der Waals surface area (Å²) < 4.78 is 0. The van der Waals surface area contributed by atoms with Crippen LogP contribution in [0.5, 0.6) is 0 Å². The topological polar surface area (TPSA) is 61.4 Å². The number of carbonyl (C=O) groups is 2. The molecule has 1 aromatic rings. The molecule has 3 atom stereocenters. The molecule has 138 valence electrons. The van der Waals surface area contributed by atoms with Crippen molar-refractivity contribution in [1.82, 2.24) is 15.5 Å². The number of rotatable bonds is 6. The van der Waals surface area contributed by atoms with Gasteiger partial charge in [0, 0.05) is 32.1 Å². The van der Waals surface area contributed by atoms with Gasteiger partial charge in [0.15, 0.2) is 0 Å². The SMILES string of the molecule is CCC1CN(C(C)=O)CCC1NC(C(=O)NC(C)C)c1ccccc1. The summed E-state index contributed by atoms with van der Waals surface area (Å²) >= 11 is 0. The third-order valence-corrected chi connectivity index (χ3v) is 4.91. The van der Waals surface area contributed by atoms with E-state index in [0.717, 1.165) is 31.5 Å². The third-order valence-electron chi connectivity index (χ3n) is 4.91. The summed E-state index contributed by atoms with van der Waals surface area (Å²) in [5, 5.41) is 6.61. The highest BCUT2D eigenvalue weighted by molar-refractivity contribution is 5.83. The Morgan fingerprint density at radius 2 is 1.92 bits per heavy atom. The van der Waals surface area contributed by atoms with Crippen molar-refractivity contribution in [3.8, 4) is 0 Å². The van der Waals surface area contributed by atoms with E-state index in [2.05, 4.69) is 17.6 Å². The van der Waals surface area contributed by atoms with E-state index in [9.17, 15) is 9.59 Å². The van der Waals surface area contributed by atoms with E-state index in [1.807, 2.05) is 49.1 Å². The number of nitrogens with one attached hydrogen (secondary N) is 2. The first kappa shape index (κ1) is 19.4. The van der Waals surface area contributed by atoms with Crippen LogP contribution in [-0.2, 0) is 9.59 Å². The molecule has 2 rings (SSSR count). The van der Waals surface area contributed by atoms with Gasteiger partial charge in [-0.05, 0) is 31.7 Å². The van der Waals surface area contributed by atoms with E-state index in [-0.39, 0.29) is 29.9 Å². The largest absolute Gasteiger partial charge is 0.352 e. The molecule has 1 aromatic carbocycles. The maximum Gasteiger partial charge on any atom is 0.241 e. The lowest BCUT2D eigenvalue weighted by molar-refractivity contribution is -0.131. The molecule has 0 saturated carbocycles. The van der Waals surface area contributed by atoms with Crippen molar-refractivity contribution in [2.24, 2.45) is 5.92 Å². The molecule has 0 spiro atoms. The van der Waals surface area contributed by atoms with Crippen molar-refractivity contribution in [1.29, 1.82) is 0 Å². The van der Waals surface area contributed by atoms with Crippen molar-refractivity contribution in [3.05, 3.63) is 35.9 Å². The predicted octanol–water partition coefficient (Wildman–Crippen LogP) is 2.49. The Labute approximate surface area is 151 Å². The second-order valence-electron chi connectivity index (χ2n) is 7.20. The van der Waals surface area contributed by atoms with Crippen LogP contribution in [-0.4, -0.2) is 41.9 Å². The van der Waals surface area contributed by atoms with Crippen LogP contribution in [0, 0.1) is 5.92 Å². The minimum atomic E-state index is -0.369. The molecule has 1 saturated heterocycles. The van der Waals surface area contributed by atoms with E-state index in [1.165, 1.54) is 0 Å². The number of piperidine rings is 1. The average Bonchev–Trinajstić information content (AvgIpc) is 2.59. The Hall–Kier alpha value is -1.88. The lowest BCUT2D eigenvalue weighted by Gasteiger charge is -2.40. The molecule has 5 nitrogen and oxygen atoms in total. The number of nitrogens with zero attached hydrogens (tertiary/aromatic N) is 1. The van der Waals surface area contributed by atoms with Crippen molar-refractivity contribution < 1.29 is 9.59 Å². The first-order valence-corrected chi connectivity index (χ1v) is 9.29. The molecule has 1 heterocycles. The lowest BCUT2D eigenvalue weighted by atomic mass is 9.88. The maximum atomic E-state index is 12.8. The number of likely N-dealkylation sites (tertiary alicyclic amines) is 1. The summed E-state index contributed by atoms with van der Waals surface area (Å²) in [4.78, 5) is 26.4. The fourth-order valence-corrected chi connectivity index (χ4v) is 3.50. The van der Waals surface area contributed by atoms with Crippen LogP contribution in [0.3, 0.4) is 0 Å². The summed E-state index contributed by atoms with van der Waals surface area (Å²) in [6.07, 6.45) is 1.85. The Kier molecular flexibility index (Phi) is 7.00. The summed E-state index contributed by atoms with van der Waals surface area (Å²) in [6, 6.07) is 9.82. The van der Waals surface area contributed by atoms with Crippen LogP contribution in [0.15, 0.2) is 30.3 Å². The van der Waals surface area contributed by atoms with Gasteiger partial charge >= 0.3 is 0 Å². The standard InChI is InChI=1S/C20H31N3O2/c1-5-16-13-23(15(4)24)12-11-18(16)22-19(20(25)21-14(2)3)17-9-7-6-8-10-17/h6-10,14,16,18-19,22H,5,11-13H2,1-4H3,(H,21,25). The highest BCUT2D eigenvalue weighted by atomic mass is 16.2. The molecular weight excluding hydrogens is 314 g/mol. The van der Waals surface area contributed by atoms with Gasteiger partial charge in [-0.3, -0.25) is 14.9 Å². The molecule has 0 radical (unpaired) electrons. The van der Waals surface area contributed by atoms with E-state index >= 15 is 0 Å². The molecule has 2 amide bonds. The number of hydrogen-bond acceptors (Lipinski definition) is 3. The number of carbonyl (C=O) groups excluding carboxylic acids is 2. The molecule has 2 N–H and O–H groups in total. The average molecular weight is 345 g/mol. The van der Waals surface area contributed by atoms with Gasteiger partial charge in [0.1, 0.15) is 6.04 Å². The fraction of sp³-hybridized carbons (Fsp3) is 0.600. The normalized spacial score (nSPS) is 21.9.